The number of aromatic nitrogens is 1. The minimum atomic E-state index is 0.709. The number of rotatable bonds is 5. The number of pyridine rings is 1. The highest BCUT2D eigenvalue weighted by atomic mass is 16.5. The van der Waals surface area contributed by atoms with Crippen LogP contribution in [0.2, 0.25) is 0 Å². The minimum absolute atomic E-state index is 0.709. The van der Waals surface area contributed by atoms with E-state index in [1.54, 1.807) is 7.11 Å². The fraction of sp³-hybridized carbons (Fsp3) is 0.471. The van der Waals surface area contributed by atoms with Crippen LogP contribution in [0.1, 0.15) is 0 Å². The number of ether oxygens (including phenoxy) is 1. The molecule has 5 nitrogen and oxygen atoms in total. The van der Waals surface area contributed by atoms with Gasteiger partial charge in [0.2, 0.25) is 0 Å². The van der Waals surface area contributed by atoms with Gasteiger partial charge in [0.15, 0.2) is 0 Å². The van der Waals surface area contributed by atoms with Crippen molar-refractivity contribution in [2.24, 2.45) is 0 Å². The number of benzene rings is 1. The molecule has 1 aliphatic rings. The van der Waals surface area contributed by atoms with Gasteiger partial charge in [0.1, 0.15) is 5.82 Å². The summed E-state index contributed by atoms with van der Waals surface area (Å²) in [6.45, 7) is 5.79. The largest absolute Gasteiger partial charge is 0.383 e. The zero-order chi connectivity index (χ0) is 15.4. The predicted molar refractivity (Wildman–Crippen MR) is 91.8 cm³/mol. The predicted octanol–water partition coefficient (Wildman–Crippen LogP) is 2.04. The molecule has 2 aromatic rings. The van der Waals surface area contributed by atoms with Crippen molar-refractivity contribution < 1.29 is 4.74 Å². The number of piperazine rings is 1. The Labute approximate surface area is 131 Å². The average molecular weight is 300 g/mol. The molecule has 3 rings (SSSR count). The summed E-state index contributed by atoms with van der Waals surface area (Å²) in [5.74, 6) is 1.11. The lowest BCUT2D eigenvalue weighted by Crippen LogP contribution is -2.44. The Hall–Kier alpha value is -1.85. The van der Waals surface area contributed by atoms with E-state index in [9.17, 15) is 0 Å². The summed E-state index contributed by atoms with van der Waals surface area (Å²) in [7, 11) is 3.89. The van der Waals surface area contributed by atoms with Crippen molar-refractivity contribution in [1.82, 2.24) is 9.88 Å². The van der Waals surface area contributed by atoms with Gasteiger partial charge in [-0.2, -0.15) is 0 Å². The van der Waals surface area contributed by atoms with Gasteiger partial charge in [-0.15, -0.1) is 0 Å². The van der Waals surface area contributed by atoms with E-state index in [1.165, 1.54) is 10.8 Å². The molecule has 118 valence electrons. The molecule has 1 aliphatic heterocycles. The number of fused-ring (bicyclic) bond motifs is 1. The van der Waals surface area contributed by atoms with Gasteiger partial charge in [-0.3, -0.25) is 0 Å². The second kappa shape index (κ2) is 6.94. The summed E-state index contributed by atoms with van der Waals surface area (Å²) < 4.78 is 5.08. The van der Waals surface area contributed by atoms with Gasteiger partial charge in [-0.05, 0) is 36.7 Å². The number of nitrogens with one attached hydrogen (secondary N) is 1. The van der Waals surface area contributed by atoms with Crippen LogP contribution in [0.5, 0.6) is 0 Å². The maximum atomic E-state index is 5.08. The lowest BCUT2D eigenvalue weighted by atomic mass is 10.1. The Morgan fingerprint density at radius 1 is 1.18 bits per heavy atom. The molecule has 1 aromatic carbocycles. The van der Waals surface area contributed by atoms with E-state index in [-0.39, 0.29) is 0 Å². The van der Waals surface area contributed by atoms with Crippen LogP contribution in [-0.4, -0.2) is 63.4 Å². The zero-order valence-corrected chi connectivity index (χ0v) is 13.4. The SMILES string of the molecule is COCCNc1ccc2c(N3CCN(C)CC3)nccc2c1. The minimum Gasteiger partial charge on any atom is -0.383 e. The third-order valence-corrected chi connectivity index (χ3v) is 4.18. The van der Waals surface area contributed by atoms with Gasteiger partial charge < -0.3 is 19.9 Å². The summed E-state index contributed by atoms with van der Waals surface area (Å²) in [4.78, 5) is 9.38. The molecule has 0 bridgehead atoms. The molecule has 0 aliphatic carbocycles. The highest BCUT2D eigenvalue weighted by Gasteiger charge is 2.17. The first-order valence-corrected chi connectivity index (χ1v) is 7.83. The Bertz CT molecular complexity index is 623. The summed E-state index contributed by atoms with van der Waals surface area (Å²) >= 11 is 0. The van der Waals surface area contributed by atoms with Crippen molar-refractivity contribution in [3.8, 4) is 0 Å². The van der Waals surface area contributed by atoms with E-state index in [2.05, 4.69) is 51.4 Å². The Kier molecular flexibility index (Phi) is 4.75. The standard InChI is InChI=1S/C17H24N4O/c1-20-8-10-21(11-9-20)17-16-4-3-15(18-7-12-22-2)13-14(16)5-6-19-17/h3-6,13,18H,7-12H2,1-2H3. The molecule has 0 saturated carbocycles. The van der Waals surface area contributed by atoms with Crippen molar-refractivity contribution in [3.05, 3.63) is 30.5 Å². The van der Waals surface area contributed by atoms with Gasteiger partial charge in [0.25, 0.3) is 0 Å². The fourth-order valence-corrected chi connectivity index (χ4v) is 2.84. The van der Waals surface area contributed by atoms with Gasteiger partial charge in [0.05, 0.1) is 6.61 Å². The number of likely N-dealkylation sites (N-methyl/N-ethyl adjacent to an activating group) is 1. The van der Waals surface area contributed by atoms with E-state index in [0.29, 0.717) is 6.61 Å². The van der Waals surface area contributed by atoms with E-state index in [1.807, 2.05) is 6.20 Å². The number of hydrogen-bond donors (Lipinski definition) is 1. The summed E-state index contributed by atoms with van der Waals surface area (Å²) in [5.41, 5.74) is 1.13. The molecule has 0 amide bonds. The summed E-state index contributed by atoms with van der Waals surface area (Å²) in [6, 6.07) is 8.56. The second-order valence-electron chi connectivity index (χ2n) is 5.78. The third kappa shape index (κ3) is 3.31. The Balaban J connectivity index is 1.83. The lowest BCUT2D eigenvalue weighted by Gasteiger charge is -2.33. The molecule has 0 spiro atoms. The van der Waals surface area contributed by atoms with E-state index in [4.69, 9.17) is 4.74 Å². The molecule has 1 aromatic heterocycles. The summed E-state index contributed by atoms with van der Waals surface area (Å²) in [5, 5.41) is 5.83. The van der Waals surface area contributed by atoms with Crippen molar-refractivity contribution in [2.75, 3.05) is 63.7 Å². The van der Waals surface area contributed by atoms with Crippen LogP contribution in [0.15, 0.2) is 30.5 Å². The first-order valence-electron chi connectivity index (χ1n) is 7.83. The normalized spacial score (nSPS) is 16.2. The molecule has 1 N–H and O–H groups in total. The molecule has 1 saturated heterocycles. The second-order valence-corrected chi connectivity index (χ2v) is 5.78. The monoisotopic (exact) mass is 300 g/mol. The van der Waals surface area contributed by atoms with Crippen molar-refractivity contribution >= 4 is 22.3 Å². The molecule has 0 atom stereocenters. The molecule has 5 heteroatoms. The molecule has 0 radical (unpaired) electrons. The fourth-order valence-electron chi connectivity index (χ4n) is 2.84. The van der Waals surface area contributed by atoms with Crippen LogP contribution in [0.3, 0.4) is 0 Å². The first kappa shape index (κ1) is 15.1. The van der Waals surface area contributed by atoms with Gasteiger partial charge in [-0.25, -0.2) is 4.98 Å². The average Bonchev–Trinajstić information content (AvgIpc) is 2.55. The Morgan fingerprint density at radius 3 is 2.77 bits per heavy atom. The van der Waals surface area contributed by atoms with Crippen LogP contribution < -0.4 is 10.2 Å². The van der Waals surface area contributed by atoms with Crippen LogP contribution in [0.4, 0.5) is 11.5 Å². The van der Waals surface area contributed by atoms with E-state index >= 15 is 0 Å². The van der Waals surface area contributed by atoms with E-state index < -0.39 is 0 Å². The smallest absolute Gasteiger partial charge is 0.136 e. The molecule has 22 heavy (non-hydrogen) atoms. The molecule has 0 unspecified atom stereocenters. The number of anilines is 2. The van der Waals surface area contributed by atoms with Crippen molar-refractivity contribution in [3.63, 3.8) is 0 Å². The first-order chi connectivity index (χ1) is 10.8. The number of methoxy groups -OCH3 is 1. The van der Waals surface area contributed by atoms with E-state index in [0.717, 1.165) is 44.2 Å². The lowest BCUT2D eigenvalue weighted by molar-refractivity contribution is 0.211. The van der Waals surface area contributed by atoms with Gasteiger partial charge in [0, 0.05) is 57.1 Å². The topological polar surface area (TPSA) is 40.6 Å². The highest BCUT2D eigenvalue weighted by Crippen LogP contribution is 2.27. The molecular weight excluding hydrogens is 276 g/mol. The van der Waals surface area contributed by atoms with Crippen LogP contribution in [0, 0.1) is 0 Å². The number of hydrogen-bond acceptors (Lipinski definition) is 5. The quantitative estimate of drug-likeness (QED) is 0.856. The zero-order valence-electron chi connectivity index (χ0n) is 13.4. The number of nitrogens with zero attached hydrogens (tertiary/aromatic N) is 3. The van der Waals surface area contributed by atoms with Crippen molar-refractivity contribution in [1.29, 1.82) is 0 Å². The maximum Gasteiger partial charge on any atom is 0.136 e. The van der Waals surface area contributed by atoms with Crippen LogP contribution >= 0.6 is 0 Å². The molecule has 2 heterocycles. The summed E-state index contributed by atoms with van der Waals surface area (Å²) in [6.07, 6.45) is 1.91. The van der Waals surface area contributed by atoms with Gasteiger partial charge in [-0.1, -0.05) is 0 Å². The molecular formula is C17H24N4O. The van der Waals surface area contributed by atoms with Crippen LogP contribution in [0.25, 0.3) is 10.8 Å². The Morgan fingerprint density at radius 2 is 2.00 bits per heavy atom. The highest BCUT2D eigenvalue weighted by molar-refractivity contribution is 5.94. The molecule has 1 fully saturated rings. The maximum absolute atomic E-state index is 5.08. The van der Waals surface area contributed by atoms with Gasteiger partial charge >= 0.3 is 0 Å². The van der Waals surface area contributed by atoms with Crippen LogP contribution in [-0.2, 0) is 4.74 Å². The van der Waals surface area contributed by atoms with Crippen molar-refractivity contribution in [2.45, 2.75) is 0 Å². The third-order valence-electron chi connectivity index (χ3n) is 4.18.